The lowest BCUT2D eigenvalue weighted by Crippen LogP contribution is -2.39. The Bertz CT molecular complexity index is 381. The zero-order chi connectivity index (χ0) is 12.5. The molecule has 0 bridgehead atoms. The molecule has 2 nitrogen and oxygen atoms in total. The molecule has 0 spiro atoms. The number of benzene rings is 1. The van der Waals surface area contributed by atoms with Crippen LogP contribution in [0.3, 0.4) is 0 Å². The topological polar surface area (TPSA) is 38.0 Å². The summed E-state index contributed by atoms with van der Waals surface area (Å²) in [6.45, 7) is 4.63. The lowest BCUT2D eigenvalue weighted by Gasteiger charge is -2.40. The van der Waals surface area contributed by atoms with E-state index < -0.39 is 0 Å². The predicted octanol–water partition coefficient (Wildman–Crippen LogP) is 4.30. The smallest absolute Gasteiger partial charge is 0.0765 e. The van der Waals surface area contributed by atoms with E-state index in [-0.39, 0.29) is 0 Å². The van der Waals surface area contributed by atoms with E-state index in [9.17, 15) is 0 Å². The molecule has 0 saturated heterocycles. The molecule has 94 valence electrons. The van der Waals surface area contributed by atoms with E-state index in [0.29, 0.717) is 16.5 Å². The van der Waals surface area contributed by atoms with Gasteiger partial charge in [0.25, 0.3) is 0 Å². The number of hydrogen-bond acceptors (Lipinski definition) is 2. The van der Waals surface area contributed by atoms with E-state index in [2.05, 4.69) is 19.2 Å². The first-order valence-corrected chi connectivity index (χ1v) is 6.69. The minimum atomic E-state index is 0.309. The summed E-state index contributed by atoms with van der Waals surface area (Å²) in [5, 5.41) is 4.26. The third kappa shape index (κ3) is 2.68. The fraction of sp³-hybridized carbons (Fsp3) is 0.571. The van der Waals surface area contributed by atoms with Gasteiger partial charge in [0, 0.05) is 6.04 Å². The molecule has 1 aliphatic rings. The standard InChI is InChI=1S/C14H21ClN2/c1-14(2)9-4-3-8-12(14)17-13-10(15)6-5-7-11(13)16/h5-7,12,17H,3-4,8-9,16H2,1-2H3. The highest BCUT2D eigenvalue weighted by atomic mass is 35.5. The fourth-order valence-electron chi connectivity index (χ4n) is 2.63. The van der Waals surface area contributed by atoms with Crippen LogP contribution in [0.5, 0.6) is 0 Å². The van der Waals surface area contributed by atoms with E-state index >= 15 is 0 Å². The van der Waals surface area contributed by atoms with Gasteiger partial charge in [-0.15, -0.1) is 0 Å². The van der Waals surface area contributed by atoms with Gasteiger partial charge in [0.1, 0.15) is 0 Å². The van der Waals surface area contributed by atoms with Gasteiger partial charge in [-0.1, -0.05) is 44.4 Å². The van der Waals surface area contributed by atoms with E-state index in [4.69, 9.17) is 17.3 Å². The molecule has 0 aliphatic heterocycles. The second kappa shape index (κ2) is 4.77. The Morgan fingerprint density at radius 1 is 1.35 bits per heavy atom. The highest BCUT2D eigenvalue weighted by Gasteiger charge is 2.32. The molecular formula is C14H21ClN2. The maximum atomic E-state index is 6.20. The maximum Gasteiger partial charge on any atom is 0.0765 e. The van der Waals surface area contributed by atoms with Crippen LogP contribution in [0.1, 0.15) is 39.5 Å². The molecule has 3 N–H and O–H groups in total. The van der Waals surface area contributed by atoms with Gasteiger partial charge in [0.05, 0.1) is 16.4 Å². The normalized spacial score (nSPS) is 23.4. The van der Waals surface area contributed by atoms with Crippen molar-refractivity contribution >= 4 is 23.0 Å². The Balaban J connectivity index is 2.20. The van der Waals surface area contributed by atoms with Gasteiger partial charge in [-0.25, -0.2) is 0 Å². The Labute approximate surface area is 109 Å². The molecule has 1 fully saturated rings. The van der Waals surface area contributed by atoms with Crippen molar-refractivity contribution in [2.24, 2.45) is 5.41 Å². The molecule has 1 aromatic carbocycles. The van der Waals surface area contributed by atoms with Gasteiger partial charge in [-0.3, -0.25) is 0 Å². The van der Waals surface area contributed by atoms with Crippen LogP contribution in [0, 0.1) is 5.41 Å². The van der Waals surface area contributed by atoms with E-state index in [1.807, 2.05) is 18.2 Å². The molecule has 0 aromatic heterocycles. The summed E-state index contributed by atoms with van der Waals surface area (Å²) >= 11 is 6.20. The number of halogens is 1. The molecule has 0 radical (unpaired) electrons. The average molecular weight is 253 g/mol. The Morgan fingerprint density at radius 2 is 2.12 bits per heavy atom. The van der Waals surface area contributed by atoms with Crippen molar-refractivity contribution in [2.75, 3.05) is 11.1 Å². The first-order chi connectivity index (χ1) is 8.00. The monoisotopic (exact) mass is 252 g/mol. The summed E-state index contributed by atoms with van der Waals surface area (Å²) in [5.74, 6) is 0. The quantitative estimate of drug-likeness (QED) is 0.770. The number of rotatable bonds is 2. The summed E-state index contributed by atoms with van der Waals surface area (Å²) in [5.41, 5.74) is 7.92. The zero-order valence-electron chi connectivity index (χ0n) is 10.6. The van der Waals surface area contributed by atoms with Gasteiger partial charge >= 0.3 is 0 Å². The maximum absolute atomic E-state index is 6.20. The summed E-state index contributed by atoms with van der Waals surface area (Å²) in [6, 6.07) is 6.12. The van der Waals surface area contributed by atoms with Gasteiger partial charge in [-0.2, -0.15) is 0 Å². The number of hydrogen-bond donors (Lipinski definition) is 2. The van der Waals surface area contributed by atoms with Crippen LogP contribution in [0.2, 0.25) is 5.02 Å². The largest absolute Gasteiger partial charge is 0.397 e. The number of anilines is 2. The molecule has 17 heavy (non-hydrogen) atoms. The van der Waals surface area contributed by atoms with Gasteiger partial charge < -0.3 is 11.1 Å². The van der Waals surface area contributed by atoms with Crippen molar-refractivity contribution < 1.29 is 0 Å². The molecule has 0 amide bonds. The third-order valence-corrected chi connectivity index (χ3v) is 4.19. The minimum Gasteiger partial charge on any atom is -0.397 e. The van der Waals surface area contributed by atoms with Crippen LogP contribution >= 0.6 is 11.6 Å². The SMILES string of the molecule is CC1(C)CCCCC1Nc1c(N)cccc1Cl. The summed E-state index contributed by atoms with van der Waals surface area (Å²) < 4.78 is 0. The van der Waals surface area contributed by atoms with E-state index in [1.54, 1.807) is 0 Å². The summed E-state index contributed by atoms with van der Waals surface area (Å²) in [6.07, 6.45) is 5.06. The van der Waals surface area contributed by atoms with Crippen molar-refractivity contribution in [3.05, 3.63) is 23.2 Å². The molecular weight excluding hydrogens is 232 g/mol. The van der Waals surface area contributed by atoms with E-state index in [1.165, 1.54) is 25.7 Å². The van der Waals surface area contributed by atoms with Gasteiger partial charge in [-0.05, 0) is 30.4 Å². The van der Waals surface area contributed by atoms with Crippen LogP contribution in [0.4, 0.5) is 11.4 Å². The highest BCUT2D eigenvalue weighted by molar-refractivity contribution is 6.33. The Kier molecular flexibility index (Phi) is 3.53. The molecule has 1 saturated carbocycles. The molecule has 2 rings (SSSR count). The lowest BCUT2D eigenvalue weighted by molar-refractivity contribution is 0.217. The van der Waals surface area contributed by atoms with Crippen LogP contribution in [-0.4, -0.2) is 6.04 Å². The molecule has 1 unspecified atom stereocenters. The minimum absolute atomic E-state index is 0.309. The van der Waals surface area contributed by atoms with Crippen LogP contribution in [-0.2, 0) is 0 Å². The lowest BCUT2D eigenvalue weighted by atomic mass is 9.73. The Hall–Kier alpha value is -0.890. The average Bonchev–Trinajstić information content (AvgIpc) is 2.25. The second-order valence-corrected chi connectivity index (χ2v) is 6.04. The van der Waals surface area contributed by atoms with Crippen molar-refractivity contribution in [1.82, 2.24) is 0 Å². The third-order valence-electron chi connectivity index (χ3n) is 3.87. The fourth-order valence-corrected chi connectivity index (χ4v) is 2.87. The zero-order valence-corrected chi connectivity index (χ0v) is 11.3. The second-order valence-electron chi connectivity index (χ2n) is 5.64. The van der Waals surface area contributed by atoms with E-state index in [0.717, 1.165) is 11.4 Å². The predicted molar refractivity (Wildman–Crippen MR) is 75.5 cm³/mol. The number of nitrogens with two attached hydrogens (primary N) is 1. The van der Waals surface area contributed by atoms with Crippen molar-refractivity contribution in [3.8, 4) is 0 Å². The van der Waals surface area contributed by atoms with Gasteiger partial charge in [0.2, 0.25) is 0 Å². The molecule has 0 heterocycles. The number of para-hydroxylation sites is 1. The highest BCUT2D eigenvalue weighted by Crippen LogP contribution is 2.39. The number of nitrogen functional groups attached to an aromatic ring is 1. The first kappa shape index (κ1) is 12.6. The first-order valence-electron chi connectivity index (χ1n) is 6.31. The van der Waals surface area contributed by atoms with Gasteiger partial charge in [0.15, 0.2) is 0 Å². The molecule has 1 aromatic rings. The summed E-state index contributed by atoms with van der Waals surface area (Å²) in [7, 11) is 0. The van der Waals surface area contributed by atoms with Crippen LogP contribution in [0.25, 0.3) is 0 Å². The van der Waals surface area contributed by atoms with Crippen LogP contribution in [0.15, 0.2) is 18.2 Å². The van der Waals surface area contributed by atoms with Crippen LogP contribution < -0.4 is 11.1 Å². The van der Waals surface area contributed by atoms with Crippen molar-refractivity contribution in [2.45, 2.75) is 45.6 Å². The Morgan fingerprint density at radius 3 is 2.76 bits per heavy atom. The molecule has 1 atom stereocenters. The number of nitrogens with one attached hydrogen (secondary N) is 1. The van der Waals surface area contributed by atoms with Crippen molar-refractivity contribution in [1.29, 1.82) is 0 Å². The van der Waals surface area contributed by atoms with Crippen molar-refractivity contribution in [3.63, 3.8) is 0 Å². The summed E-state index contributed by atoms with van der Waals surface area (Å²) in [4.78, 5) is 0. The molecule has 3 heteroatoms. The molecule has 1 aliphatic carbocycles.